The van der Waals surface area contributed by atoms with Crippen LogP contribution in [0.5, 0.6) is 0 Å². The van der Waals surface area contributed by atoms with E-state index in [0.717, 1.165) is 31.4 Å². The maximum atomic E-state index is 11.4. The lowest BCUT2D eigenvalue weighted by Gasteiger charge is -2.36. The Balaban J connectivity index is 1.92. The molecule has 2 fully saturated rings. The van der Waals surface area contributed by atoms with E-state index in [0.29, 0.717) is 5.92 Å². The lowest BCUT2D eigenvalue weighted by molar-refractivity contribution is -0.149. The topological polar surface area (TPSA) is 69.2 Å². The fourth-order valence-electron chi connectivity index (χ4n) is 3.61. The molecule has 23 heavy (non-hydrogen) atoms. The lowest BCUT2D eigenvalue weighted by Crippen LogP contribution is -2.44. The van der Waals surface area contributed by atoms with Gasteiger partial charge in [0.15, 0.2) is 6.29 Å². The van der Waals surface area contributed by atoms with Crippen LogP contribution in [-0.4, -0.2) is 45.3 Å². The summed E-state index contributed by atoms with van der Waals surface area (Å²) in [7, 11) is 4.80. The summed E-state index contributed by atoms with van der Waals surface area (Å²) < 4.78 is 15.7. The molecule has 0 aromatic carbocycles. The molecule has 0 aliphatic heterocycles. The highest BCUT2D eigenvalue weighted by atomic mass is 16.7. The summed E-state index contributed by atoms with van der Waals surface area (Å²) >= 11 is 0. The second kappa shape index (κ2) is 8.64. The van der Waals surface area contributed by atoms with E-state index in [2.05, 4.69) is 17.5 Å². The molecule has 2 aliphatic carbocycles. The minimum Gasteiger partial charge on any atom is -0.469 e. The van der Waals surface area contributed by atoms with Crippen molar-refractivity contribution in [3.05, 3.63) is 0 Å². The van der Waals surface area contributed by atoms with Crippen LogP contribution >= 0.6 is 0 Å². The first kappa shape index (κ1) is 18.2. The van der Waals surface area contributed by atoms with Crippen LogP contribution in [0.1, 0.15) is 45.4 Å². The molecule has 0 radical (unpaired) electrons. The van der Waals surface area contributed by atoms with E-state index in [1.807, 2.05) is 0 Å². The highest BCUT2D eigenvalue weighted by Crippen LogP contribution is 2.33. The monoisotopic (exact) mass is 326 g/mol. The number of hydrogen-bond acceptors (Lipinski definition) is 6. The van der Waals surface area contributed by atoms with E-state index < -0.39 is 0 Å². The number of esters is 1. The van der Waals surface area contributed by atoms with Crippen LogP contribution in [0.25, 0.3) is 0 Å². The zero-order valence-electron chi connectivity index (χ0n) is 14.7. The Bertz CT molecular complexity index is 417. The third-order valence-corrected chi connectivity index (χ3v) is 5.26. The second-order valence-electron chi connectivity index (χ2n) is 6.62. The number of hydrogen-bond donors (Lipinski definition) is 1. The van der Waals surface area contributed by atoms with Crippen LogP contribution in [0, 0.1) is 17.8 Å². The van der Waals surface area contributed by atoms with Crippen molar-refractivity contribution in [1.82, 2.24) is 5.43 Å². The number of nitrogens with zero attached hydrogens (tertiary/aromatic N) is 1. The van der Waals surface area contributed by atoms with Crippen molar-refractivity contribution in [3.63, 3.8) is 0 Å². The standard InChI is InChI=1S/C17H30N2O4/c1-5-11-6-7-15(14(8-11)17(22-3)23-4)19-18-13-9-12(10-13)16(20)21-2/h11-14,17-18H,5-10H2,1-4H3/b19-15+. The zero-order chi connectivity index (χ0) is 16.8. The minimum absolute atomic E-state index is 0.0232. The predicted octanol–water partition coefficient (Wildman–Crippen LogP) is 2.33. The van der Waals surface area contributed by atoms with Crippen LogP contribution < -0.4 is 5.43 Å². The molecule has 2 saturated carbocycles. The number of rotatable bonds is 7. The first-order valence-corrected chi connectivity index (χ1v) is 8.58. The molecule has 0 bridgehead atoms. The molecule has 0 heterocycles. The van der Waals surface area contributed by atoms with Gasteiger partial charge in [0.05, 0.1) is 18.9 Å². The van der Waals surface area contributed by atoms with Gasteiger partial charge in [-0.1, -0.05) is 13.3 Å². The average Bonchev–Trinajstić information content (AvgIpc) is 2.54. The quantitative estimate of drug-likeness (QED) is 0.442. The first-order valence-electron chi connectivity index (χ1n) is 8.58. The third kappa shape index (κ3) is 4.44. The largest absolute Gasteiger partial charge is 0.469 e. The van der Waals surface area contributed by atoms with Gasteiger partial charge in [0.1, 0.15) is 0 Å². The summed E-state index contributed by atoms with van der Waals surface area (Å²) in [4.78, 5) is 11.4. The van der Waals surface area contributed by atoms with Crippen LogP contribution in [0.4, 0.5) is 0 Å². The normalized spacial score (nSPS) is 32.7. The number of nitrogens with one attached hydrogen (secondary N) is 1. The van der Waals surface area contributed by atoms with Crippen molar-refractivity contribution in [2.75, 3.05) is 21.3 Å². The highest BCUT2D eigenvalue weighted by Gasteiger charge is 2.36. The molecule has 0 amide bonds. The molecule has 0 aromatic rings. The fourth-order valence-corrected chi connectivity index (χ4v) is 3.61. The van der Waals surface area contributed by atoms with E-state index in [1.54, 1.807) is 14.2 Å². The van der Waals surface area contributed by atoms with Crippen LogP contribution in [-0.2, 0) is 19.0 Å². The fraction of sp³-hybridized carbons (Fsp3) is 0.882. The molecule has 6 nitrogen and oxygen atoms in total. The van der Waals surface area contributed by atoms with Gasteiger partial charge in [-0.15, -0.1) is 0 Å². The van der Waals surface area contributed by atoms with Gasteiger partial charge in [-0.25, -0.2) is 0 Å². The molecule has 132 valence electrons. The molecule has 2 atom stereocenters. The van der Waals surface area contributed by atoms with E-state index in [4.69, 9.17) is 14.2 Å². The molecule has 1 N–H and O–H groups in total. The SMILES string of the molecule is CCC1CC/C(=N\NC2CC(C(=O)OC)C2)C(C(OC)OC)C1. The molecule has 2 aliphatic rings. The smallest absolute Gasteiger partial charge is 0.308 e. The summed E-state index contributed by atoms with van der Waals surface area (Å²) in [5, 5.41) is 4.65. The summed E-state index contributed by atoms with van der Waals surface area (Å²) in [6.07, 6.45) is 5.73. The van der Waals surface area contributed by atoms with E-state index in [1.165, 1.54) is 20.0 Å². The molecular formula is C17H30N2O4. The number of methoxy groups -OCH3 is 3. The maximum Gasteiger partial charge on any atom is 0.308 e. The molecule has 0 saturated heterocycles. The Hall–Kier alpha value is -1.14. The number of carbonyl (C=O) groups is 1. The number of carbonyl (C=O) groups excluding carboxylic acids is 1. The minimum atomic E-state index is -0.242. The van der Waals surface area contributed by atoms with Crippen molar-refractivity contribution in [2.45, 2.75) is 57.8 Å². The average molecular weight is 326 g/mol. The summed E-state index contributed by atoms with van der Waals surface area (Å²) in [6.45, 7) is 2.23. The Morgan fingerprint density at radius 2 is 1.96 bits per heavy atom. The van der Waals surface area contributed by atoms with Crippen molar-refractivity contribution in [2.24, 2.45) is 22.9 Å². The molecular weight excluding hydrogens is 296 g/mol. The Labute approximate surface area is 138 Å². The Morgan fingerprint density at radius 3 is 2.52 bits per heavy atom. The summed E-state index contributed by atoms with van der Waals surface area (Å²) in [6, 6.07) is 0.264. The van der Waals surface area contributed by atoms with Crippen molar-refractivity contribution in [1.29, 1.82) is 0 Å². The number of hydrazone groups is 1. The van der Waals surface area contributed by atoms with Gasteiger partial charge in [-0.3, -0.25) is 4.79 Å². The Morgan fingerprint density at radius 1 is 1.26 bits per heavy atom. The lowest BCUT2D eigenvalue weighted by atomic mass is 9.78. The maximum absolute atomic E-state index is 11.4. The van der Waals surface area contributed by atoms with Gasteiger partial charge in [0.2, 0.25) is 0 Å². The molecule has 6 heteroatoms. The van der Waals surface area contributed by atoms with Crippen molar-refractivity contribution >= 4 is 11.7 Å². The van der Waals surface area contributed by atoms with E-state index in [-0.39, 0.29) is 30.1 Å². The predicted molar refractivity (Wildman–Crippen MR) is 88.0 cm³/mol. The van der Waals surface area contributed by atoms with Crippen LogP contribution in [0.15, 0.2) is 5.10 Å². The molecule has 0 spiro atoms. The van der Waals surface area contributed by atoms with Gasteiger partial charge >= 0.3 is 5.97 Å². The summed E-state index contributed by atoms with van der Waals surface area (Å²) in [5.74, 6) is 0.817. The van der Waals surface area contributed by atoms with Gasteiger partial charge in [0.25, 0.3) is 0 Å². The third-order valence-electron chi connectivity index (χ3n) is 5.26. The van der Waals surface area contributed by atoms with Gasteiger partial charge in [-0.05, 0) is 38.0 Å². The molecule has 2 rings (SSSR count). The zero-order valence-corrected chi connectivity index (χ0v) is 14.7. The Kier molecular flexibility index (Phi) is 6.84. The van der Waals surface area contributed by atoms with Crippen molar-refractivity contribution in [3.8, 4) is 0 Å². The molecule has 0 aromatic heterocycles. The number of ether oxygens (including phenoxy) is 3. The van der Waals surface area contributed by atoms with Gasteiger partial charge < -0.3 is 19.6 Å². The summed E-state index contributed by atoms with van der Waals surface area (Å²) in [5.41, 5.74) is 4.36. The van der Waals surface area contributed by atoms with Crippen LogP contribution in [0.3, 0.4) is 0 Å². The molecule has 2 unspecified atom stereocenters. The van der Waals surface area contributed by atoms with Gasteiger partial charge in [-0.2, -0.15) is 5.10 Å². The first-order chi connectivity index (χ1) is 11.1. The second-order valence-corrected chi connectivity index (χ2v) is 6.62. The highest BCUT2D eigenvalue weighted by molar-refractivity contribution is 5.87. The van der Waals surface area contributed by atoms with E-state index in [9.17, 15) is 4.79 Å². The van der Waals surface area contributed by atoms with Crippen LogP contribution in [0.2, 0.25) is 0 Å². The van der Waals surface area contributed by atoms with Crippen molar-refractivity contribution < 1.29 is 19.0 Å². The van der Waals surface area contributed by atoms with Gasteiger partial charge in [0, 0.05) is 26.0 Å². The van der Waals surface area contributed by atoms with E-state index >= 15 is 0 Å².